The van der Waals surface area contributed by atoms with Gasteiger partial charge in [0, 0.05) is 31.3 Å². The molecule has 0 unspecified atom stereocenters. The molecular weight excluding hydrogens is 469 g/mol. The number of hydrogen-bond donors (Lipinski definition) is 2. The Hall–Kier alpha value is -4.40. The van der Waals surface area contributed by atoms with Crippen molar-refractivity contribution in [2.45, 2.75) is 38.1 Å². The second-order valence-corrected chi connectivity index (χ2v) is 9.07. The van der Waals surface area contributed by atoms with Crippen LogP contribution in [0.15, 0.2) is 70.9 Å². The highest BCUT2D eigenvalue weighted by atomic mass is 19.1. The van der Waals surface area contributed by atoms with Gasteiger partial charge in [0.15, 0.2) is 5.82 Å². The summed E-state index contributed by atoms with van der Waals surface area (Å²) in [5.74, 6) is 0.991. The number of H-pyrrole nitrogens is 1. The van der Waals surface area contributed by atoms with Crippen molar-refractivity contribution in [3.8, 4) is 16.8 Å². The molecule has 1 amide bonds. The molecule has 2 heterocycles. The summed E-state index contributed by atoms with van der Waals surface area (Å²) in [4.78, 5) is 29.2. The van der Waals surface area contributed by atoms with Crippen LogP contribution in [0.5, 0.6) is 0 Å². The Bertz CT molecular complexity index is 1450. The SMILES string of the molecule is C=Nc1nc(C2CCCC2)[nH]c1C(=NC)C(=O)NCc1cccc(-c2cnn(-c3ccc(F)cc3)c2)c1. The summed E-state index contributed by atoms with van der Waals surface area (Å²) in [6, 6.07) is 14.0. The number of hydrogen-bond acceptors (Lipinski definition) is 5. The number of aromatic nitrogens is 4. The van der Waals surface area contributed by atoms with E-state index in [-0.39, 0.29) is 17.4 Å². The minimum absolute atomic E-state index is 0.246. The van der Waals surface area contributed by atoms with Gasteiger partial charge in [0.1, 0.15) is 23.0 Å². The molecule has 2 aromatic carbocycles. The molecule has 0 radical (unpaired) electrons. The standard InChI is InChI=1S/C28H28FN7O/c1-30-25(24-27(31-2)35-26(34-24)19-7-3-4-8-19)28(37)32-15-18-6-5-9-20(14-18)21-16-33-36(17-21)23-12-10-22(29)11-13-23/h5-6,9-14,16-17,19H,2-4,7-8,15H2,1H3,(H,32,37)(H,34,35). The van der Waals surface area contributed by atoms with Crippen LogP contribution < -0.4 is 5.32 Å². The maximum absolute atomic E-state index is 13.2. The van der Waals surface area contributed by atoms with E-state index in [4.69, 9.17) is 0 Å². The van der Waals surface area contributed by atoms with E-state index < -0.39 is 0 Å². The van der Waals surface area contributed by atoms with Crippen molar-refractivity contribution in [2.75, 3.05) is 7.05 Å². The van der Waals surface area contributed by atoms with Crippen LogP contribution in [0, 0.1) is 5.82 Å². The number of nitrogens with one attached hydrogen (secondary N) is 2. The lowest BCUT2D eigenvalue weighted by Crippen LogP contribution is -2.31. The predicted octanol–water partition coefficient (Wildman–Crippen LogP) is 5.13. The van der Waals surface area contributed by atoms with Gasteiger partial charge in [0.25, 0.3) is 5.91 Å². The van der Waals surface area contributed by atoms with Gasteiger partial charge in [-0.15, -0.1) is 0 Å². The van der Waals surface area contributed by atoms with E-state index in [1.165, 1.54) is 25.0 Å². The van der Waals surface area contributed by atoms with Crippen LogP contribution in [0.3, 0.4) is 0 Å². The number of aliphatic imine (C=N–C) groups is 2. The highest BCUT2D eigenvalue weighted by Gasteiger charge is 2.25. The molecule has 8 nitrogen and oxygen atoms in total. The summed E-state index contributed by atoms with van der Waals surface area (Å²) in [5.41, 5.74) is 4.30. The second-order valence-electron chi connectivity index (χ2n) is 9.07. The molecular formula is C28H28FN7O. The summed E-state index contributed by atoms with van der Waals surface area (Å²) < 4.78 is 14.9. The van der Waals surface area contributed by atoms with E-state index in [1.807, 2.05) is 30.5 Å². The van der Waals surface area contributed by atoms with Crippen molar-refractivity contribution in [2.24, 2.45) is 9.98 Å². The van der Waals surface area contributed by atoms with E-state index in [1.54, 1.807) is 30.1 Å². The van der Waals surface area contributed by atoms with Gasteiger partial charge in [-0.25, -0.2) is 19.0 Å². The number of aromatic amines is 1. The van der Waals surface area contributed by atoms with Crippen LogP contribution in [-0.2, 0) is 11.3 Å². The number of rotatable bonds is 8. The van der Waals surface area contributed by atoms with Gasteiger partial charge in [0.05, 0.1) is 11.9 Å². The fourth-order valence-electron chi connectivity index (χ4n) is 4.71. The molecule has 0 bridgehead atoms. The highest BCUT2D eigenvalue weighted by Crippen LogP contribution is 2.34. The first kappa shape index (κ1) is 24.3. The third kappa shape index (κ3) is 5.25. The average Bonchev–Trinajstić information content (AvgIpc) is 3.70. The van der Waals surface area contributed by atoms with Gasteiger partial charge in [-0.1, -0.05) is 31.0 Å². The summed E-state index contributed by atoms with van der Waals surface area (Å²) in [6.07, 6.45) is 8.16. The molecule has 1 aliphatic carbocycles. The molecule has 2 N–H and O–H groups in total. The van der Waals surface area contributed by atoms with Gasteiger partial charge in [0.2, 0.25) is 0 Å². The Morgan fingerprint density at radius 2 is 1.97 bits per heavy atom. The maximum Gasteiger partial charge on any atom is 0.272 e. The van der Waals surface area contributed by atoms with Gasteiger partial charge < -0.3 is 10.3 Å². The highest BCUT2D eigenvalue weighted by molar-refractivity contribution is 6.45. The Labute approximate surface area is 214 Å². The second kappa shape index (κ2) is 10.7. The summed E-state index contributed by atoms with van der Waals surface area (Å²) in [6.45, 7) is 3.94. The Morgan fingerprint density at radius 3 is 2.70 bits per heavy atom. The maximum atomic E-state index is 13.2. The first-order chi connectivity index (χ1) is 18.1. The van der Waals surface area contributed by atoms with E-state index in [0.29, 0.717) is 24.0 Å². The number of benzene rings is 2. The minimum atomic E-state index is -0.316. The zero-order valence-corrected chi connectivity index (χ0v) is 20.6. The fraction of sp³-hybridized carbons (Fsp3) is 0.250. The lowest BCUT2D eigenvalue weighted by molar-refractivity contribution is -0.114. The summed E-state index contributed by atoms with van der Waals surface area (Å²) >= 11 is 0. The normalized spacial score (nSPS) is 14.2. The molecule has 0 spiro atoms. The number of halogens is 1. The molecule has 188 valence electrons. The lowest BCUT2D eigenvalue weighted by atomic mass is 10.1. The first-order valence-electron chi connectivity index (χ1n) is 12.3. The van der Waals surface area contributed by atoms with E-state index in [9.17, 15) is 9.18 Å². The Morgan fingerprint density at radius 1 is 1.19 bits per heavy atom. The van der Waals surface area contributed by atoms with Crippen LogP contribution in [0.2, 0.25) is 0 Å². The zero-order valence-electron chi connectivity index (χ0n) is 20.6. The van der Waals surface area contributed by atoms with Crippen molar-refractivity contribution in [3.63, 3.8) is 0 Å². The van der Waals surface area contributed by atoms with Gasteiger partial charge in [-0.3, -0.25) is 9.79 Å². The predicted molar refractivity (Wildman–Crippen MR) is 142 cm³/mol. The Balaban J connectivity index is 1.29. The molecule has 1 fully saturated rings. The van der Waals surface area contributed by atoms with Crippen LogP contribution in [0.1, 0.15) is 48.7 Å². The van der Waals surface area contributed by atoms with E-state index in [2.05, 4.69) is 37.1 Å². The minimum Gasteiger partial charge on any atom is -0.347 e. The van der Waals surface area contributed by atoms with Crippen LogP contribution >= 0.6 is 0 Å². The fourth-order valence-corrected chi connectivity index (χ4v) is 4.71. The summed E-state index contributed by atoms with van der Waals surface area (Å²) in [5, 5.41) is 7.35. The smallest absolute Gasteiger partial charge is 0.272 e. The molecule has 4 aromatic rings. The molecule has 1 aliphatic rings. The van der Waals surface area contributed by atoms with Crippen LogP contribution in [0.4, 0.5) is 10.2 Å². The van der Waals surface area contributed by atoms with Crippen molar-refractivity contribution in [1.29, 1.82) is 0 Å². The Kier molecular flexibility index (Phi) is 7.02. The first-order valence-corrected chi connectivity index (χ1v) is 12.3. The molecule has 5 rings (SSSR count). The largest absolute Gasteiger partial charge is 0.347 e. The third-order valence-corrected chi connectivity index (χ3v) is 6.66. The van der Waals surface area contributed by atoms with Crippen molar-refractivity contribution < 1.29 is 9.18 Å². The monoisotopic (exact) mass is 497 g/mol. The summed E-state index contributed by atoms with van der Waals surface area (Å²) in [7, 11) is 1.58. The van der Waals surface area contributed by atoms with Crippen LogP contribution in [-0.4, -0.2) is 45.1 Å². The number of imidazole rings is 1. The molecule has 2 aromatic heterocycles. The quantitative estimate of drug-likeness (QED) is 0.330. The van der Waals surface area contributed by atoms with Crippen molar-refractivity contribution in [3.05, 3.63) is 83.8 Å². The third-order valence-electron chi connectivity index (χ3n) is 6.66. The van der Waals surface area contributed by atoms with E-state index in [0.717, 1.165) is 41.0 Å². The zero-order chi connectivity index (χ0) is 25.8. The molecule has 0 atom stereocenters. The van der Waals surface area contributed by atoms with Gasteiger partial charge >= 0.3 is 0 Å². The van der Waals surface area contributed by atoms with Crippen LogP contribution in [0.25, 0.3) is 16.8 Å². The lowest BCUT2D eigenvalue weighted by Gasteiger charge is -2.09. The molecule has 1 saturated carbocycles. The average molecular weight is 498 g/mol. The topological polar surface area (TPSA) is 100 Å². The number of carbonyl (C=O) groups excluding carboxylic acids is 1. The van der Waals surface area contributed by atoms with Crippen molar-refractivity contribution >= 4 is 24.2 Å². The molecule has 0 aliphatic heterocycles. The number of nitrogens with zero attached hydrogens (tertiary/aromatic N) is 5. The van der Waals surface area contributed by atoms with Gasteiger partial charge in [-0.05, 0) is 61.0 Å². The molecule has 0 saturated heterocycles. The molecule has 9 heteroatoms. The van der Waals surface area contributed by atoms with Crippen molar-refractivity contribution in [1.82, 2.24) is 25.1 Å². The number of carbonyl (C=O) groups is 1. The number of amides is 1. The molecule has 37 heavy (non-hydrogen) atoms. The van der Waals surface area contributed by atoms with Gasteiger partial charge in [-0.2, -0.15) is 5.10 Å². The van der Waals surface area contributed by atoms with E-state index >= 15 is 0 Å².